The molecule has 2 N–H and O–H groups in total. The Labute approximate surface area is 195 Å². The Balaban J connectivity index is 1.92. The van der Waals surface area contributed by atoms with Crippen LogP contribution in [-0.4, -0.2) is 29.4 Å². The number of nitro groups is 1. The lowest BCUT2D eigenvalue weighted by Gasteiger charge is -2.36. The Morgan fingerprint density at radius 3 is 2.41 bits per heavy atom. The summed E-state index contributed by atoms with van der Waals surface area (Å²) in [4.78, 5) is 37.6. The molecule has 32 heavy (non-hydrogen) atoms. The number of carbonyl (C=O) groups is 2. The van der Waals surface area contributed by atoms with E-state index in [1.54, 1.807) is 32.2 Å². The van der Waals surface area contributed by atoms with Crippen LogP contribution in [-0.2, 0) is 4.79 Å². The van der Waals surface area contributed by atoms with Crippen LogP contribution in [0.15, 0.2) is 34.8 Å². The molecule has 0 aromatic heterocycles. The number of benzene rings is 2. The summed E-state index contributed by atoms with van der Waals surface area (Å²) in [5, 5.41) is 17.3. The molecule has 0 heterocycles. The van der Waals surface area contributed by atoms with Crippen LogP contribution in [0.1, 0.15) is 53.6 Å². The molecule has 1 saturated carbocycles. The van der Waals surface area contributed by atoms with Crippen LogP contribution in [0.2, 0.25) is 0 Å². The van der Waals surface area contributed by atoms with Crippen molar-refractivity contribution in [3.05, 3.63) is 61.6 Å². The van der Waals surface area contributed by atoms with Gasteiger partial charge in [0.05, 0.1) is 12.0 Å². The zero-order chi connectivity index (χ0) is 23.5. The van der Waals surface area contributed by atoms with Gasteiger partial charge in [-0.15, -0.1) is 0 Å². The molecule has 0 spiro atoms. The number of halogens is 1. The average molecular weight is 504 g/mol. The van der Waals surface area contributed by atoms with Crippen molar-refractivity contribution in [3.63, 3.8) is 0 Å². The summed E-state index contributed by atoms with van der Waals surface area (Å²) >= 11 is 3.24. The molecule has 0 bridgehead atoms. The lowest BCUT2D eigenvalue weighted by molar-refractivity contribution is -0.385. The van der Waals surface area contributed by atoms with Crippen LogP contribution in [0.3, 0.4) is 0 Å². The number of ether oxygens (including phenoxy) is 1. The number of hydrogen-bond acceptors (Lipinski definition) is 5. The smallest absolute Gasteiger partial charge is 0.283 e. The van der Waals surface area contributed by atoms with E-state index in [0.29, 0.717) is 34.3 Å². The van der Waals surface area contributed by atoms with Crippen molar-refractivity contribution in [1.82, 2.24) is 5.32 Å². The molecule has 8 nitrogen and oxygen atoms in total. The van der Waals surface area contributed by atoms with E-state index in [4.69, 9.17) is 4.74 Å². The summed E-state index contributed by atoms with van der Waals surface area (Å²) in [7, 11) is 1.56. The van der Waals surface area contributed by atoms with Crippen LogP contribution < -0.4 is 15.4 Å². The molecule has 3 rings (SSSR count). The topological polar surface area (TPSA) is 111 Å². The maximum absolute atomic E-state index is 13.4. The van der Waals surface area contributed by atoms with Crippen molar-refractivity contribution in [3.8, 4) is 5.75 Å². The summed E-state index contributed by atoms with van der Waals surface area (Å²) in [6, 6.07) is 8.30. The number of carbonyl (C=O) groups excluding carboxylic acids is 2. The number of nitro benzene ring substituents is 1. The Kier molecular flexibility index (Phi) is 7.18. The van der Waals surface area contributed by atoms with Crippen molar-refractivity contribution < 1.29 is 19.2 Å². The zero-order valence-electron chi connectivity index (χ0n) is 18.3. The first kappa shape index (κ1) is 23.7. The monoisotopic (exact) mass is 503 g/mol. The third kappa shape index (κ3) is 4.93. The Morgan fingerprint density at radius 1 is 1.09 bits per heavy atom. The SMILES string of the molecule is COc1cc(NC(=O)C2(NC(=O)c3c(C)cc(Br)cc3[N+](=O)[O-])CCCCC2)ccc1C. The van der Waals surface area contributed by atoms with Gasteiger partial charge in [-0.3, -0.25) is 19.7 Å². The van der Waals surface area contributed by atoms with E-state index < -0.39 is 16.4 Å². The Morgan fingerprint density at radius 2 is 1.78 bits per heavy atom. The number of amides is 2. The van der Waals surface area contributed by atoms with E-state index in [-0.39, 0.29) is 17.2 Å². The molecule has 170 valence electrons. The third-order valence-electron chi connectivity index (χ3n) is 5.86. The van der Waals surface area contributed by atoms with Crippen LogP contribution in [0.25, 0.3) is 0 Å². The Hall–Kier alpha value is -2.94. The summed E-state index contributed by atoms with van der Waals surface area (Å²) in [6.07, 6.45) is 3.41. The average Bonchev–Trinajstić information content (AvgIpc) is 2.74. The maximum Gasteiger partial charge on any atom is 0.283 e. The van der Waals surface area contributed by atoms with Gasteiger partial charge in [0, 0.05) is 22.3 Å². The molecule has 0 aliphatic heterocycles. The zero-order valence-corrected chi connectivity index (χ0v) is 19.9. The summed E-state index contributed by atoms with van der Waals surface area (Å²) in [5.74, 6) is -0.320. The summed E-state index contributed by atoms with van der Waals surface area (Å²) < 4.78 is 5.84. The number of methoxy groups -OCH3 is 1. The number of anilines is 1. The van der Waals surface area contributed by atoms with Crippen LogP contribution in [0.5, 0.6) is 5.75 Å². The fourth-order valence-electron chi connectivity index (χ4n) is 4.16. The molecular formula is C23H26BrN3O5. The molecule has 0 radical (unpaired) electrons. The fraction of sp³-hybridized carbons (Fsp3) is 0.391. The fourth-order valence-corrected chi connectivity index (χ4v) is 4.72. The lowest BCUT2D eigenvalue weighted by atomic mass is 9.80. The van der Waals surface area contributed by atoms with Gasteiger partial charge in [0.2, 0.25) is 5.91 Å². The van der Waals surface area contributed by atoms with Gasteiger partial charge in [-0.1, -0.05) is 41.3 Å². The molecule has 1 aliphatic rings. The van der Waals surface area contributed by atoms with Crippen LogP contribution >= 0.6 is 15.9 Å². The third-order valence-corrected chi connectivity index (χ3v) is 6.32. The molecule has 2 aromatic rings. The van der Waals surface area contributed by atoms with Gasteiger partial charge in [-0.25, -0.2) is 0 Å². The molecule has 0 saturated heterocycles. The minimum Gasteiger partial charge on any atom is -0.496 e. The number of aryl methyl sites for hydroxylation is 2. The molecule has 9 heteroatoms. The standard InChI is InChI=1S/C23H26BrN3O5/c1-14-7-8-17(13-19(14)32-3)25-22(29)23(9-5-4-6-10-23)26-21(28)20-15(2)11-16(24)12-18(20)27(30)31/h7-8,11-13H,4-6,9-10H2,1-3H3,(H,25,29)(H,26,28). The van der Waals surface area contributed by atoms with Crippen molar-refractivity contribution in [2.45, 2.75) is 51.5 Å². The van der Waals surface area contributed by atoms with Gasteiger partial charge in [-0.05, 0) is 49.9 Å². The van der Waals surface area contributed by atoms with Gasteiger partial charge < -0.3 is 15.4 Å². The molecular weight excluding hydrogens is 478 g/mol. The van der Waals surface area contributed by atoms with E-state index in [1.807, 2.05) is 13.0 Å². The number of nitrogens with zero attached hydrogens (tertiary/aromatic N) is 1. The predicted molar refractivity (Wildman–Crippen MR) is 125 cm³/mol. The van der Waals surface area contributed by atoms with E-state index in [0.717, 1.165) is 24.8 Å². The predicted octanol–water partition coefficient (Wildman–Crippen LogP) is 5.05. The number of nitrogens with one attached hydrogen (secondary N) is 2. The van der Waals surface area contributed by atoms with Crippen molar-refractivity contribution in [2.75, 3.05) is 12.4 Å². The van der Waals surface area contributed by atoms with Crippen LogP contribution in [0.4, 0.5) is 11.4 Å². The van der Waals surface area contributed by atoms with Gasteiger partial charge in [-0.2, -0.15) is 0 Å². The maximum atomic E-state index is 13.4. The first-order chi connectivity index (χ1) is 15.2. The summed E-state index contributed by atoms with van der Waals surface area (Å²) in [5.41, 5.74) is 0.461. The van der Waals surface area contributed by atoms with Crippen molar-refractivity contribution in [2.24, 2.45) is 0 Å². The molecule has 0 atom stereocenters. The number of rotatable bonds is 6. The molecule has 2 aromatic carbocycles. The quantitative estimate of drug-likeness (QED) is 0.422. The minimum atomic E-state index is -1.15. The molecule has 1 aliphatic carbocycles. The van der Waals surface area contributed by atoms with E-state index in [1.165, 1.54) is 6.07 Å². The van der Waals surface area contributed by atoms with Crippen molar-refractivity contribution >= 4 is 39.1 Å². The van der Waals surface area contributed by atoms with E-state index in [2.05, 4.69) is 26.6 Å². The normalized spacial score (nSPS) is 15.0. The molecule has 1 fully saturated rings. The first-order valence-electron chi connectivity index (χ1n) is 10.4. The van der Waals surface area contributed by atoms with Crippen molar-refractivity contribution in [1.29, 1.82) is 0 Å². The van der Waals surface area contributed by atoms with Gasteiger partial charge in [0.15, 0.2) is 0 Å². The number of hydrogen-bond donors (Lipinski definition) is 2. The Bertz CT molecular complexity index is 1060. The first-order valence-corrected chi connectivity index (χ1v) is 11.2. The second kappa shape index (κ2) is 9.68. The highest BCUT2D eigenvalue weighted by Gasteiger charge is 2.42. The van der Waals surface area contributed by atoms with Gasteiger partial charge >= 0.3 is 0 Å². The summed E-state index contributed by atoms with van der Waals surface area (Å²) in [6.45, 7) is 3.54. The molecule has 0 unspecified atom stereocenters. The second-order valence-electron chi connectivity index (χ2n) is 8.11. The highest BCUT2D eigenvalue weighted by Crippen LogP contribution is 2.33. The molecule has 2 amide bonds. The largest absolute Gasteiger partial charge is 0.496 e. The van der Waals surface area contributed by atoms with Gasteiger partial charge in [0.25, 0.3) is 11.6 Å². The highest BCUT2D eigenvalue weighted by atomic mass is 79.9. The minimum absolute atomic E-state index is 0.0343. The highest BCUT2D eigenvalue weighted by molar-refractivity contribution is 9.10. The van der Waals surface area contributed by atoms with E-state index in [9.17, 15) is 19.7 Å². The van der Waals surface area contributed by atoms with E-state index >= 15 is 0 Å². The lowest BCUT2D eigenvalue weighted by Crippen LogP contribution is -2.58. The second-order valence-corrected chi connectivity index (χ2v) is 9.03. The van der Waals surface area contributed by atoms with Gasteiger partial charge in [0.1, 0.15) is 16.9 Å². The van der Waals surface area contributed by atoms with Crippen LogP contribution in [0, 0.1) is 24.0 Å².